The van der Waals surface area contributed by atoms with Crippen molar-refractivity contribution in [1.82, 2.24) is 9.55 Å². The van der Waals surface area contributed by atoms with Crippen LogP contribution in [0, 0.1) is 5.41 Å². The summed E-state index contributed by atoms with van der Waals surface area (Å²) in [7, 11) is 0. The zero-order valence-electron chi connectivity index (χ0n) is 23.7. The summed E-state index contributed by atoms with van der Waals surface area (Å²) in [5.74, 6) is -1.97. The van der Waals surface area contributed by atoms with Crippen LogP contribution in [0.5, 0.6) is 0 Å². The van der Waals surface area contributed by atoms with E-state index in [1.54, 1.807) is 61.7 Å². The number of aromatic carboxylic acids is 1. The summed E-state index contributed by atoms with van der Waals surface area (Å²) in [5.41, 5.74) is 0.120. The monoisotopic (exact) mass is 552 g/mol. The molecule has 0 fully saturated rings. The smallest absolute Gasteiger partial charge is 0.359 e. The third-order valence-corrected chi connectivity index (χ3v) is 6.01. The summed E-state index contributed by atoms with van der Waals surface area (Å²) in [4.78, 5) is 41.6. The molecular weight excluding hydrogens is 516 g/mol. The van der Waals surface area contributed by atoms with Crippen molar-refractivity contribution in [2.45, 2.75) is 60.3 Å². The maximum Gasteiger partial charge on any atom is 0.359 e. The number of carbonyl (C=O) groups excluding carboxylic acids is 2. The lowest BCUT2D eigenvalue weighted by molar-refractivity contribution is -0.161. The van der Waals surface area contributed by atoms with Crippen molar-refractivity contribution in [3.8, 4) is 11.1 Å². The highest BCUT2D eigenvalue weighted by molar-refractivity contribution is 5.96. The van der Waals surface area contributed by atoms with Gasteiger partial charge in [0.25, 0.3) is 0 Å². The third kappa shape index (κ3) is 7.34. The molecule has 0 radical (unpaired) electrons. The highest BCUT2D eigenvalue weighted by atomic mass is 16.7. The number of esters is 2. The van der Waals surface area contributed by atoms with Gasteiger partial charge in [-0.25, -0.2) is 14.6 Å². The summed E-state index contributed by atoms with van der Waals surface area (Å²) in [6, 6.07) is 14.0. The van der Waals surface area contributed by atoms with Crippen LogP contribution in [0.2, 0.25) is 0 Å². The Hall–Kier alpha value is -4.02. The van der Waals surface area contributed by atoms with E-state index >= 15 is 0 Å². The largest absolute Gasteiger partial charge is 0.478 e. The van der Waals surface area contributed by atoms with E-state index in [0.717, 1.165) is 11.1 Å². The molecule has 1 heterocycles. The molecule has 1 aromatic heterocycles. The predicted molar refractivity (Wildman–Crippen MR) is 147 cm³/mol. The summed E-state index contributed by atoms with van der Waals surface area (Å²) < 4.78 is 17.6. The van der Waals surface area contributed by atoms with E-state index in [0.29, 0.717) is 18.0 Å². The van der Waals surface area contributed by atoms with E-state index in [-0.39, 0.29) is 30.1 Å². The fourth-order valence-electron chi connectivity index (χ4n) is 3.92. The van der Waals surface area contributed by atoms with E-state index in [2.05, 4.69) is 4.98 Å². The number of rotatable bonds is 11. The van der Waals surface area contributed by atoms with Crippen LogP contribution in [0.4, 0.5) is 0 Å². The van der Waals surface area contributed by atoms with Crippen molar-refractivity contribution in [2.24, 2.45) is 5.41 Å². The molecule has 3 rings (SSSR count). The standard InChI is InChI=1S/C30H36N2O8/c1-7-38-17-23-31-25(30(5,6)37)24(27(35)39-18-40-28(36)29(2,3)4)32(23)16-19-12-14-20(15-13-19)21-10-8-9-11-22(21)26(33)34/h8-15,37H,7,16-18H2,1-6H3,(H,33,34). The second kappa shape index (κ2) is 12.4. The first-order chi connectivity index (χ1) is 18.7. The van der Waals surface area contributed by atoms with Gasteiger partial charge in [0, 0.05) is 13.2 Å². The van der Waals surface area contributed by atoms with Gasteiger partial charge in [0.2, 0.25) is 6.79 Å². The summed E-state index contributed by atoms with van der Waals surface area (Å²) >= 11 is 0. The summed E-state index contributed by atoms with van der Waals surface area (Å²) in [5, 5.41) is 20.4. The number of carboxylic acid groups (broad SMARTS) is 1. The van der Waals surface area contributed by atoms with Crippen molar-refractivity contribution in [3.63, 3.8) is 0 Å². The molecule has 10 heteroatoms. The molecule has 0 aliphatic heterocycles. The topological polar surface area (TPSA) is 137 Å². The van der Waals surface area contributed by atoms with Gasteiger partial charge < -0.3 is 29.0 Å². The Morgan fingerprint density at radius 3 is 2.17 bits per heavy atom. The van der Waals surface area contributed by atoms with Gasteiger partial charge in [-0.05, 0) is 64.3 Å². The number of aliphatic hydroxyl groups is 1. The van der Waals surface area contributed by atoms with Crippen LogP contribution in [0.25, 0.3) is 11.1 Å². The van der Waals surface area contributed by atoms with Crippen molar-refractivity contribution < 1.29 is 38.8 Å². The second-order valence-corrected chi connectivity index (χ2v) is 10.8. The Morgan fingerprint density at radius 1 is 0.950 bits per heavy atom. The first-order valence-corrected chi connectivity index (χ1v) is 12.9. The number of hydrogen-bond acceptors (Lipinski definition) is 8. The van der Waals surface area contributed by atoms with Gasteiger partial charge in [-0.2, -0.15) is 0 Å². The molecule has 0 saturated heterocycles. The number of aromatic nitrogens is 2. The van der Waals surface area contributed by atoms with Gasteiger partial charge >= 0.3 is 17.9 Å². The Morgan fingerprint density at radius 2 is 1.60 bits per heavy atom. The van der Waals surface area contributed by atoms with Gasteiger partial charge in [-0.1, -0.05) is 42.5 Å². The number of hydrogen-bond donors (Lipinski definition) is 2. The average molecular weight is 553 g/mol. The van der Waals surface area contributed by atoms with Crippen molar-refractivity contribution in [1.29, 1.82) is 0 Å². The fourth-order valence-corrected chi connectivity index (χ4v) is 3.92. The van der Waals surface area contributed by atoms with E-state index in [4.69, 9.17) is 14.2 Å². The highest BCUT2D eigenvalue weighted by Gasteiger charge is 2.33. The van der Waals surface area contributed by atoms with E-state index in [1.807, 2.05) is 19.1 Å². The van der Waals surface area contributed by atoms with Crippen LogP contribution in [0.15, 0.2) is 48.5 Å². The molecule has 0 saturated carbocycles. The number of benzene rings is 2. The summed E-state index contributed by atoms with van der Waals surface area (Å²) in [6.45, 7) is 9.98. The Bertz CT molecular complexity index is 1360. The van der Waals surface area contributed by atoms with E-state index < -0.39 is 35.7 Å². The van der Waals surface area contributed by atoms with Gasteiger partial charge in [0.15, 0.2) is 5.69 Å². The zero-order valence-corrected chi connectivity index (χ0v) is 23.7. The van der Waals surface area contributed by atoms with Crippen molar-refractivity contribution in [3.05, 3.63) is 76.9 Å². The minimum atomic E-state index is -1.49. The maximum absolute atomic E-state index is 13.3. The number of imidazole rings is 1. The Labute approximate surface area is 233 Å². The summed E-state index contributed by atoms with van der Waals surface area (Å²) in [6.07, 6.45) is 0. The van der Waals surface area contributed by atoms with Crippen LogP contribution in [-0.2, 0) is 37.8 Å². The molecular formula is C30H36N2O8. The molecule has 0 amide bonds. The number of carboxylic acids is 1. The van der Waals surface area contributed by atoms with Crippen molar-refractivity contribution in [2.75, 3.05) is 13.4 Å². The van der Waals surface area contributed by atoms with Crippen LogP contribution < -0.4 is 0 Å². The van der Waals surface area contributed by atoms with Crippen molar-refractivity contribution >= 4 is 17.9 Å². The number of ether oxygens (including phenoxy) is 3. The molecule has 10 nitrogen and oxygen atoms in total. The Kier molecular flexibility index (Phi) is 9.49. The van der Waals surface area contributed by atoms with E-state index in [1.165, 1.54) is 13.8 Å². The molecule has 0 aliphatic carbocycles. The molecule has 2 N–H and O–H groups in total. The second-order valence-electron chi connectivity index (χ2n) is 10.8. The number of carbonyl (C=O) groups is 3. The van der Waals surface area contributed by atoms with Crippen LogP contribution in [0.3, 0.4) is 0 Å². The zero-order chi connectivity index (χ0) is 29.7. The SMILES string of the molecule is CCOCc1nc(C(C)(C)O)c(C(=O)OCOC(=O)C(C)(C)C)n1Cc1ccc(-c2ccccc2C(=O)O)cc1. The molecule has 2 aromatic carbocycles. The van der Waals surface area contributed by atoms with Crippen LogP contribution in [-0.4, -0.2) is 51.1 Å². The molecule has 0 aliphatic rings. The normalized spacial score (nSPS) is 11.8. The quantitative estimate of drug-likeness (QED) is 0.255. The molecule has 40 heavy (non-hydrogen) atoms. The lowest BCUT2D eigenvalue weighted by Gasteiger charge is -2.19. The highest BCUT2D eigenvalue weighted by Crippen LogP contribution is 2.28. The molecule has 0 spiro atoms. The number of nitrogens with zero attached hydrogens (tertiary/aromatic N) is 2. The third-order valence-electron chi connectivity index (χ3n) is 6.01. The molecule has 214 valence electrons. The average Bonchev–Trinajstić information content (AvgIpc) is 3.25. The lowest BCUT2D eigenvalue weighted by Crippen LogP contribution is -2.27. The van der Waals surface area contributed by atoms with E-state index in [9.17, 15) is 24.6 Å². The van der Waals surface area contributed by atoms with Gasteiger partial charge in [-0.15, -0.1) is 0 Å². The van der Waals surface area contributed by atoms with Gasteiger partial charge in [-0.3, -0.25) is 4.79 Å². The molecule has 0 unspecified atom stereocenters. The lowest BCUT2D eigenvalue weighted by atomic mass is 9.98. The molecule has 3 aromatic rings. The minimum absolute atomic E-state index is 0.00862. The molecule has 0 bridgehead atoms. The van der Waals surface area contributed by atoms with Gasteiger partial charge in [0.05, 0.1) is 11.0 Å². The fraction of sp³-hybridized carbons (Fsp3) is 0.400. The van der Waals surface area contributed by atoms with Crippen LogP contribution >= 0.6 is 0 Å². The minimum Gasteiger partial charge on any atom is -0.478 e. The predicted octanol–water partition coefficient (Wildman–Crippen LogP) is 4.76. The maximum atomic E-state index is 13.3. The molecule has 0 atom stereocenters. The van der Waals surface area contributed by atoms with Crippen LogP contribution in [0.1, 0.15) is 79.5 Å². The Balaban J connectivity index is 1.97. The first-order valence-electron chi connectivity index (χ1n) is 12.9. The van der Waals surface area contributed by atoms with Gasteiger partial charge in [0.1, 0.15) is 23.7 Å². The first kappa shape index (κ1) is 30.5.